The van der Waals surface area contributed by atoms with Gasteiger partial charge in [0, 0.05) is 22.9 Å². The molecule has 1 amide bonds. The maximum Gasteiger partial charge on any atom is 0.271 e. The Morgan fingerprint density at radius 3 is 2.52 bits per heavy atom. The minimum atomic E-state index is -0.722. The van der Waals surface area contributed by atoms with Crippen molar-refractivity contribution < 1.29 is 14.3 Å². The van der Waals surface area contributed by atoms with Gasteiger partial charge in [-0.15, -0.1) is 0 Å². The van der Waals surface area contributed by atoms with E-state index in [1.807, 2.05) is 37.3 Å². The van der Waals surface area contributed by atoms with E-state index < -0.39 is 6.04 Å². The van der Waals surface area contributed by atoms with Crippen LogP contribution in [0.2, 0.25) is 0 Å². The lowest BCUT2D eigenvalue weighted by Gasteiger charge is -2.24. The summed E-state index contributed by atoms with van der Waals surface area (Å²) in [5.41, 5.74) is 4.02. The highest BCUT2D eigenvalue weighted by Gasteiger charge is 2.27. The van der Waals surface area contributed by atoms with Gasteiger partial charge in [-0.05, 0) is 49.8 Å². The molecular formula is C26H27N3O4. The largest absolute Gasteiger partial charge is 0.486 e. The third-order valence-corrected chi connectivity index (χ3v) is 6.27. The molecule has 0 saturated carbocycles. The molecule has 2 aliphatic rings. The highest BCUT2D eigenvalue weighted by atomic mass is 16.6. The van der Waals surface area contributed by atoms with E-state index in [9.17, 15) is 9.59 Å². The molecular weight excluding hydrogens is 418 g/mol. The summed E-state index contributed by atoms with van der Waals surface area (Å²) >= 11 is 0. The van der Waals surface area contributed by atoms with Gasteiger partial charge in [0.2, 0.25) is 5.91 Å². The Morgan fingerprint density at radius 2 is 1.76 bits per heavy atom. The molecule has 5 rings (SSSR count). The number of anilines is 1. The van der Waals surface area contributed by atoms with Crippen LogP contribution in [0.1, 0.15) is 43.4 Å². The Kier molecular flexibility index (Phi) is 5.86. The summed E-state index contributed by atoms with van der Waals surface area (Å²) in [5, 5.41) is 7.69. The van der Waals surface area contributed by atoms with Crippen LogP contribution in [0.15, 0.2) is 53.3 Å². The van der Waals surface area contributed by atoms with E-state index in [2.05, 4.69) is 5.32 Å². The third kappa shape index (κ3) is 4.11. The minimum absolute atomic E-state index is 0.159. The van der Waals surface area contributed by atoms with Crippen LogP contribution in [0.4, 0.5) is 5.69 Å². The first-order valence-corrected chi connectivity index (χ1v) is 11.6. The van der Waals surface area contributed by atoms with Crippen LogP contribution >= 0.6 is 0 Å². The number of aromatic nitrogens is 2. The number of benzene rings is 2. The summed E-state index contributed by atoms with van der Waals surface area (Å²) in [6.45, 7) is 2.87. The molecule has 0 bridgehead atoms. The van der Waals surface area contributed by atoms with Crippen LogP contribution in [0, 0.1) is 0 Å². The first-order chi connectivity index (χ1) is 16.2. The number of nitrogens with one attached hydrogen (secondary N) is 1. The fourth-order valence-corrected chi connectivity index (χ4v) is 4.61. The highest BCUT2D eigenvalue weighted by molar-refractivity contribution is 5.94. The molecule has 0 saturated heterocycles. The van der Waals surface area contributed by atoms with Crippen molar-refractivity contribution in [3.8, 4) is 22.8 Å². The standard InChI is InChI=1S/C26H27N3O4/c1-2-21(25(30)27-18-12-13-22-23(16-18)33-15-14-32-22)29-26(31)20-11-7-6-10-19(20)24(28-29)17-8-4-3-5-9-17/h3-5,8-9,12-13,16,21H,2,6-7,10-11,14-15H2,1H3,(H,27,30). The molecule has 7 nitrogen and oxygen atoms in total. The van der Waals surface area contributed by atoms with Gasteiger partial charge in [0.1, 0.15) is 19.3 Å². The molecule has 1 unspecified atom stereocenters. The normalized spacial score (nSPS) is 15.4. The fraction of sp³-hybridized carbons (Fsp3) is 0.346. The van der Waals surface area contributed by atoms with Crippen LogP contribution in [-0.2, 0) is 17.6 Å². The zero-order valence-electron chi connectivity index (χ0n) is 18.7. The summed E-state index contributed by atoms with van der Waals surface area (Å²) < 4.78 is 12.6. The SMILES string of the molecule is CCC(C(=O)Nc1ccc2c(c1)OCCO2)n1nc(-c2ccccc2)c2c(c1=O)CCCC2. The molecule has 1 aliphatic heterocycles. The summed E-state index contributed by atoms with van der Waals surface area (Å²) in [4.78, 5) is 26.7. The van der Waals surface area contributed by atoms with Gasteiger partial charge in [-0.2, -0.15) is 5.10 Å². The van der Waals surface area contributed by atoms with Gasteiger partial charge < -0.3 is 14.8 Å². The number of fused-ring (bicyclic) bond motifs is 2. The van der Waals surface area contributed by atoms with Crippen molar-refractivity contribution in [2.24, 2.45) is 0 Å². The Labute approximate surface area is 192 Å². The highest BCUT2D eigenvalue weighted by Crippen LogP contribution is 2.33. The average molecular weight is 446 g/mol. The predicted molar refractivity (Wildman–Crippen MR) is 126 cm³/mol. The molecule has 1 aliphatic carbocycles. The molecule has 0 fully saturated rings. The topological polar surface area (TPSA) is 82.4 Å². The Bertz CT molecular complexity index is 1240. The summed E-state index contributed by atoms with van der Waals surface area (Å²) in [6.07, 6.45) is 4.01. The Hall–Kier alpha value is -3.61. The lowest BCUT2D eigenvalue weighted by Crippen LogP contribution is -2.38. The molecule has 7 heteroatoms. The van der Waals surface area contributed by atoms with Crippen molar-refractivity contribution in [2.75, 3.05) is 18.5 Å². The Balaban J connectivity index is 1.51. The second kappa shape index (κ2) is 9.10. The molecule has 1 atom stereocenters. The van der Waals surface area contributed by atoms with Crippen LogP contribution in [0.25, 0.3) is 11.3 Å². The number of hydrogen-bond donors (Lipinski definition) is 1. The van der Waals surface area contributed by atoms with Gasteiger partial charge in [0.15, 0.2) is 11.5 Å². The van der Waals surface area contributed by atoms with E-state index in [0.29, 0.717) is 36.8 Å². The van der Waals surface area contributed by atoms with Crippen molar-refractivity contribution in [3.05, 3.63) is 70.0 Å². The average Bonchev–Trinajstić information content (AvgIpc) is 2.86. The van der Waals surface area contributed by atoms with E-state index in [1.165, 1.54) is 4.68 Å². The first kappa shape index (κ1) is 21.2. The van der Waals surface area contributed by atoms with Gasteiger partial charge in [-0.3, -0.25) is 9.59 Å². The lowest BCUT2D eigenvalue weighted by atomic mass is 9.89. The number of carbonyl (C=O) groups is 1. The number of rotatable bonds is 5. The van der Waals surface area contributed by atoms with Crippen LogP contribution in [0.5, 0.6) is 11.5 Å². The van der Waals surface area contributed by atoms with Gasteiger partial charge in [0.05, 0.1) is 5.69 Å². The number of amides is 1. The molecule has 1 aromatic heterocycles. The third-order valence-electron chi connectivity index (χ3n) is 6.27. The number of ether oxygens (including phenoxy) is 2. The van der Waals surface area contributed by atoms with Crippen molar-refractivity contribution in [3.63, 3.8) is 0 Å². The van der Waals surface area contributed by atoms with Crippen LogP contribution in [-0.4, -0.2) is 28.9 Å². The quantitative estimate of drug-likeness (QED) is 0.638. The molecule has 0 radical (unpaired) electrons. The molecule has 33 heavy (non-hydrogen) atoms. The van der Waals surface area contributed by atoms with Gasteiger partial charge in [-0.1, -0.05) is 37.3 Å². The summed E-state index contributed by atoms with van der Waals surface area (Å²) in [6, 6.07) is 14.5. The zero-order chi connectivity index (χ0) is 22.8. The van der Waals surface area contributed by atoms with E-state index in [1.54, 1.807) is 18.2 Å². The fourth-order valence-electron chi connectivity index (χ4n) is 4.61. The van der Waals surface area contributed by atoms with Crippen molar-refractivity contribution in [2.45, 2.75) is 45.1 Å². The second-order valence-corrected chi connectivity index (χ2v) is 8.40. The maximum atomic E-state index is 13.4. The molecule has 1 N–H and O–H groups in total. The van der Waals surface area contributed by atoms with Crippen LogP contribution < -0.4 is 20.3 Å². The van der Waals surface area contributed by atoms with E-state index >= 15 is 0 Å². The van der Waals surface area contributed by atoms with Gasteiger partial charge in [-0.25, -0.2) is 4.68 Å². The van der Waals surface area contributed by atoms with E-state index in [4.69, 9.17) is 14.6 Å². The zero-order valence-corrected chi connectivity index (χ0v) is 18.7. The van der Waals surface area contributed by atoms with E-state index in [-0.39, 0.29) is 11.5 Å². The molecule has 2 heterocycles. The maximum absolute atomic E-state index is 13.4. The van der Waals surface area contributed by atoms with Crippen molar-refractivity contribution in [1.82, 2.24) is 9.78 Å². The Morgan fingerprint density at radius 1 is 1.03 bits per heavy atom. The second-order valence-electron chi connectivity index (χ2n) is 8.40. The molecule has 0 spiro atoms. The van der Waals surface area contributed by atoms with Gasteiger partial charge >= 0.3 is 0 Å². The minimum Gasteiger partial charge on any atom is -0.486 e. The summed E-state index contributed by atoms with van der Waals surface area (Å²) in [7, 11) is 0. The van der Waals surface area contributed by atoms with E-state index in [0.717, 1.165) is 48.1 Å². The van der Waals surface area contributed by atoms with Crippen molar-refractivity contribution >= 4 is 11.6 Å². The lowest BCUT2D eigenvalue weighted by molar-refractivity contribution is -0.119. The van der Waals surface area contributed by atoms with Crippen molar-refractivity contribution in [1.29, 1.82) is 0 Å². The number of hydrogen-bond acceptors (Lipinski definition) is 5. The molecule has 3 aromatic rings. The van der Waals surface area contributed by atoms with Gasteiger partial charge in [0.25, 0.3) is 5.56 Å². The predicted octanol–water partition coefficient (Wildman–Crippen LogP) is 4.15. The smallest absolute Gasteiger partial charge is 0.271 e. The molecule has 170 valence electrons. The van der Waals surface area contributed by atoms with Crippen LogP contribution in [0.3, 0.4) is 0 Å². The monoisotopic (exact) mass is 445 g/mol. The number of nitrogens with zero attached hydrogens (tertiary/aromatic N) is 2. The first-order valence-electron chi connectivity index (χ1n) is 11.6. The summed E-state index contributed by atoms with van der Waals surface area (Å²) in [5.74, 6) is 0.979. The number of carbonyl (C=O) groups excluding carboxylic acids is 1. The molecule has 2 aromatic carbocycles.